The van der Waals surface area contributed by atoms with E-state index >= 15 is 0 Å². The van der Waals surface area contributed by atoms with Crippen LogP contribution in [-0.2, 0) is 26.0 Å². The van der Waals surface area contributed by atoms with Gasteiger partial charge < -0.3 is 19.7 Å². The molecule has 1 N–H and O–H groups in total. The summed E-state index contributed by atoms with van der Waals surface area (Å²) in [6.07, 6.45) is 1.22. The standard InChI is InChI=1S/C32H41N3O6S/c1-7-24(3)33-32(37)25(4)34(20-19-26-11-9-8-10-12-26)31(36)22-35(29-21-27(40-5)15-18-30(29)41-6)42(38,39)28-16-13-23(2)14-17-28/h8-18,21,24-25H,7,19-20,22H2,1-6H3,(H,33,37)/t24-,25+/m0/s1. The van der Waals surface area contributed by atoms with Gasteiger partial charge in [-0.05, 0) is 63.4 Å². The van der Waals surface area contributed by atoms with Crippen LogP contribution in [0, 0.1) is 6.92 Å². The fraction of sp³-hybridized carbons (Fsp3) is 0.375. The Morgan fingerprint density at radius 3 is 2.19 bits per heavy atom. The molecule has 0 saturated heterocycles. The molecule has 0 aliphatic carbocycles. The second kappa shape index (κ2) is 14.7. The van der Waals surface area contributed by atoms with E-state index in [0.717, 1.165) is 21.9 Å². The van der Waals surface area contributed by atoms with Gasteiger partial charge in [0, 0.05) is 18.7 Å². The molecule has 2 atom stereocenters. The van der Waals surface area contributed by atoms with Crippen molar-refractivity contribution >= 4 is 27.5 Å². The van der Waals surface area contributed by atoms with Crippen LogP contribution in [0.15, 0.2) is 77.7 Å². The average Bonchev–Trinajstić information content (AvgIpc) is 3.00. The number of amides is 2. The third-order valence-corrected chi connectivity index (χ3v) is 8.97. The highest BCUT2D eigenvalue weighted by molar-refractivity contribution is 7.92. The molecule has 0 aliphatic rings. The van der Waals surface area contributed by atoms with Gasteiger partial charge in [0.2, 0.25) is 11.8 Å². The molecule has 3 rings (SSSR count). The fourth-order valence-corrected chi connectivity index (χ4v) is 5.79. The Morgan fingerprint density at radius 2 is 1.60 bits per heavy atom. The highest BCUT2D eigenvalue weighted by Gasteiger charge is 2.34. The van der Waals surface area contributed by atoms with E-state index < -0.39 is 28.5 Å². The predicted molar refractivity (Wildman–Crippen MR) is 164 cm³/mol. The van der Waals surface area contributed by atoms with Crippen LogP contribution in [0.5, 0.6) is 11.5 Å². The second-order valence-electron chi connectivity index (χ2n) is 10.2. The zero-order valence-corrected chi connectivity index (χ0v) is 26.0. The quantitative estimate of drug-likeness (QED) is 0.293. The van der Waals surface area contributed by atoms with E-state index in [4.69, 9.17) is 9.47 Å². The van der Waals surface area contributed by atoms with Crippen molar-refractivity contribution in [2.75, 3.05) is 31.6 Å². The van der Waals surface area contributed by atoms with Crippen molar-refractivity contribution in [1.29, 1.82) is 0 Å². The van der Waals surface area contributed by atoms with E-state index in [-0.39, 0.29) is 34.8 Å². The number of anilines is 1. The van der Waals surface area contributed by atoms with Gasteiger partial charge in [0.25, 0.3) is 10.0 Å². The molecule has 0 fully saturated rings. The maximum Gasteiger partial charge on any atom is 0.264 e. The van der Waals surface area contributed by atoms with E-state index in [1.54, 1.807) is 31.2 Å². The average molecular weight is 596 g/mol. The van der Waals surface area contributed by atoms with Crippen molar-refractivity contribution in [3.63, 3.8) is 0 Å². The molecular formula is C32H41N3O6S. The molecule has 3 aromatic rings. The Hall–Kier alpha value is -4.05. The summed E-state index contributed by atoms with van der Waals surface area (Å²) in [5, 5.41) is 2.94. The van der Waals surface area contributed by atoms with Crippen molar-refractivity contribution in [2.24, 2.45) is 0 Å². The maximum atomic E-state index is 14.1. The van der Waals surface area contributed by atoms with Crippen LogP contribution >= 0.6 is 0 Å². The molecule has 2 amide bonds. The lowest BCUT2D eigenvalue weighted by Gasteiger charge is -2.33. The van der Waals surface area contributed by atoms with E-state index in [9.17, 15) is 18.0 Å². The first-order valence-electron chi connectivity index (χ1n) is 14.0. The number of carbonyl (C=O) groups excluding carboxylic acids is 2. The number of nitrogens with zero attached hydrogens (tertiary/aromatic N) is 2. The molecule has 0 spiro atoms. The summed E-state index contributed by atoms with van der Waals surface area (Å²) >= 11 is 0. The molecule has 9 nitrogen and oxygen atoms in total. The minimum absolute atomic E-state index is 0.0178. The van der Waals surface area contributed by atoms with Crippen molar-refractivity contribution in [1.82, 2.24) is 10.2 Å². The van der Waals surface area contributed by atoms with Crippen LogP contribution in [0.2, 0.25) is 0 Å². The summed E-state index contributed by atoms with van der Waals surface area (Å²) in [7, 11) is -1.34. The largest absolute Gasteiger partial charge is 0.497 e. The summed E-state index contributed by atoms with van der Waals surface area (Å²) in [4.78, 5) is 28.7. The lowest BCUT2D eigenvalue weighted by molar-refractivity contribution is -0.139. The highest BCUT2D eigenvalue weighted by atomic mass is 32.2. The Morgan fingerprint density at radius 1 is 0.929 bits per heavy atom. The van der Waals surface area contributed by atoms with Crippen LogP contribution < -0.4 is 19.1 Å². The van der Waals surface area contributed by atoms with Gasteiger partial charge in [-0.3, -0.25) is 13.9 Å². The van der Waals surface area contributed by atoms with Crippen LogP contribution in [-0.4, -0.2) is 64.5 Å². The van der Waals surface area contributed by atoms with Crippen molar-refractivity contribution < 1.29 is 27.5 Å². The van der Waals surface area contributed by atoms with Gasteiger partial charge in [-0.15, -0.1) is 0 Å². The maximum absolute atomic E-state index is 14.1. The molecule has 0 saturated carbocycles. The topological polar surface area (TPSA) is 105 Å². The number of hydrogen-bond acceptors (Lipinski definition) is 6. The number of sulfonamides is 1. The number of nitrogens with one attached hydrogen (secondary N) is 1. The van der Waals surface area contributed by atoms with E-state index in [1.807, 2.05) is 51.1 Å². The molecular weight excluding hydrogens is 554 g/mol. The molecule has 10 heteroatoms. The monoisotopic (exact) mass is 595 g/mol. The van der Waals surface area contributed by atoms with Crippen LogP contribution in [0.4, 0.5) is 5.69 Å². The zero-order valence-electron chi connectivity index (χ0n) is 25.2. The lowest BCUT2D eigenvalue weighted by Crippen LogP contribution is -2.53. The lowest BCUT2D eigenvalue weighted by atomic mass is 10.1. The molecule has 0 aliphatic heterocycles. The van der Waals surface area contributed by atoms with Gasteiger partial charge >= 0.3 is 0 Å². The molecule has 226 valence electrons. The van der Waals surface area contributed by atoms with Crippen LogP contribution in [0.3, 0.4) is 0 Å². The molecule has 0 heterocycles. The number of rotatable bonds is 14. The summed E-state index contributed by atoms with van der Waals surface area (Å²) in [5.74, 6) is -0.196. The van der Waals surface area contributed by atoms with Gasteiger partial charge in [-0.2, -0.15) is 0 Å². The SMILES string of the molecule is CC[C@H](C)NC(=O)[C@@H](C)N(CCc1ccccc1)C(=O)CN(c1cc(OC)ccc1OC)S(=O)(=O)c1ccc(C)cc1. The van der Waals surface area contributed by atoms with Gasteiger partial charge in [0.15, 0.2) is 0 Å². The first kappa shape index (κ1) is 32.5. The molecule has 42 heavy (non-hydrogen) atoms. The summed E-state index contributed by atoms with van der Waals surface area (Å²) < 4.78 is 40.1. The smallest absolute Gasteiger partial charge is 0.264 e. The van der Waals surface area contributed by atoms with Gasteiger partial charge in [0.05, 0.1) is 24.8 Å². The number of benzene rings is 3. The normalized spacial score (nSPS) is 12.6. The first-order chi connectivity index (χ1) is 20.0. The fourth-order valence-electron chi connectivity index (χ4n) is 4.38. The minimum Gasteiger partial charge on any atom is -0.497 e. The molecule has 3 aromatic carbocycles. The van der Waals surface area contributed by atoms with E-state index in [0.29, 0.717) is 12.2 Å². The number of hydrogen-bond donors (Lipinski definition) is 1. The Labute approximate surface area is 249 Å². The second-order valence-corrected chi connectivity index (χ2v) is 12.0. The first-order valence-corrected chi connectivity index (χ1v) is 15.4. The van der Waals surface area contributed by atoms with Gasteiger partial charge in [0.1, 0.15) is 24.1 Å². The third kappa shape index (κ3) is 8.03. The number of carbonyl (C=O) groups is 2. The Bertz CT molecular complexity index is 1440. The molecule has 0 aromatic heterocycles. The Balaban J connectivity index is 2.07. The van der Waals surface area contributed by atoms with Crippen molar-refractivity contribution in [3.05, 3.63) is 83.9 Å². The van der Waals surface area contributed by atoms with Crippen LogP contribution in [0.1, 0.15) is 38.3 Å². The summed E-state index contributed by atoms with van der Waals surface area (Å²) in [6.45, 7) is 7.03. The van der Waals surface area contributed by atoms with Gasteiger partial charge in [-0.25, -0.2) is 8.42 Å². The third-order valence-electron chi connectivity index (χ3n) is 7.20. The summed E-state index contributed by atoms with van der Waals surface area (Å²) in [6, 6.07) is 19.9. The molecule has 0 radical (unpaired) electrons. The summed E-state index contributed by atoms with van der Waals surface area (Å²) in [5.41, 5.74) is 2.03. The van der Waals surface area contributed by atoms with E-state index in [1.165, 1.54) is 37.3 Å². The van der Waals surface area contributed by atoms with Crippen molar-refractivity contribution in [3.8, 4) is 11.5 Å². The molecule has 0 bridgehead atoms. The predicted octanol–water partition coefficient (Wildman–Crippen LogP) is 4.58. The van der Waals surface area contributed by atoms with Gasteiger partial charge in [-0.1, -0.05) is 55.0 Å². The van der Waals surface area contributed by atoms with E-state index in [2.05, 4.69) is 5.32 Å². The highest BCUT2D eigenvalue weighted by Crippen LogP contribution is 2.36. The number of aryl methyl sites for hydroxylation is 1. The molecule has 0 unspecified atom stereocenters. The number of methoxy groups -OCH3 is 2. The Kier molecular flexibility index (Phi) is 11.4. The number of ether oxygens (including phenoxy) is 2. The van der Waals surface area contributed by atoms with Crippen molar-refractivity contribution in [2.45, 2.75) is 57.5 Å². The van der Waals surface area contributed by atoms with Crippen LogP contribution in [0.25, 0.3) is 0 Å². The zero-order chi connectivity index (χ0) is 30.9. The minimum atomic E-state index is -4.24.